The van der Waals surface area contributed by atoms with Gasteiger partial charge < -0.3 is 11.1 Å². The predicted octanol–water partition coefficient (Wildman–Crippen LogP) is 0.448. The van der Waals surface area contributed by atoms with Gasteiger partial charge in [-0.3, -0.25) is 4.79 Å². The van der Waals surface area contributed by atoms with Crippen LogP contribution in [0.4, 0.5) is 13.2 Å². The summed E-state index contributed by atoms with van der Waals surface area (Å²) >= 11 is 0. The van der Waals surface area contributed by atoms with Gasteiger partial charge in [0.2, 0.25) is 5.91 Å². The normalized spacial score (nSPS) is 17.2. The molecule has 6 heteroatoms. The molecule has 0 unspecified atom stereocenters. The van der Waals surface area contributed by atoms with Crippen molar-refractivity contribution in [3.63, 3.8) is 0 Å². The molecule has 0 saturated heterocycles. The van der Waals surface area contributed by atoms with Crippen molar-refractivity contribution in [1.29, 1.82) is 0 Å². The van der Waals surface area contributed by atoms with Crippen LogP contribution >= 0.6 is 0 Å². The van der Waals surface area contributed by atoms with E-state index in [0.717, 1.165) is 12.3 Å². The fourth-order valence-corrected chi connectivity index (χ4v) is 0.984. The Labute approximate surface area is 72.1 Å². The second kappa shape index (κ2) is 3.12. The third-order valence-corrected chi connectivity index (χ3v) is 1.57. The summed E-state index contributed by atoms with van der Waals surface area (Å²) in [6.45, 7) is -0.180. The number of rotatable bonds is 1. The van der Waals surface area contributed by atoms with E-state index in [1.165, 1.54) is 0 Å². The van der Waals surface area contributed by atoms with Crippen LogP contribution in [0.25, 0.3) is 0 Å². The first-order valence-corrected chi connectivity index (χ1v) is 3.43. The number of allylic oxidation sites excluding steroid dienone is 2. The largest absolute Gasteiger partial charge is 0.416 e. The lowest BCUT2D eigenvalue weighted by Crippen LogP contribution is -2.30. The number of amides is 1. The van der Waals surface area contributed by atoms with Gasteiger partial charge in [-0.2, -0.15) is 13.2 Å². The number of carbonyl (C=O) groups excluding carboxylic acids is 1. The van der Waals surface area contributed by atoms with Gasteiger partial charge in [0, 0.05) is 12.1 Å². The van der Waals surface area contributed by atoms with Crippen LogP contribution in [0.15, 0.2) is 23.4 Å². The van der Waals surface area contributed by atoms with Gasteiger partial charge in [-0.15, -0.1) is 0 Å². The summed E-state index contributed by atoms with van der Waals surface area (Å²) in [5, 5.41) is 2.48. The van der Waals surface area contributed by atoms with Crippen molar-refractivity contribution < 1.29 is 18.0 Å². The van der Waals surface area contributed by atoms with Crippen molar-refractivity contribution >= 4 is 5.91 Å². The Hall–Kier alpha value is -1.46. The predicted molar refractivity (Wildman–Crippen MR) is 39.4 cm³/mol. The molecule has 72 valence electrons. The van der Waals surface area contributed by atoms with Crippen molar-refractivity contribution in [2.45, 2.75) is 6.18 Å². The van der Waals surface area contributed by atoms with Crippen LogP contribution in [-0.2, 0) is 4.79 Å². The molecule has 0 saturated carbocycles. The lowest BCUT2D eigenvalue weighted by atomic mass is 10.1. The van der Waals surface area contributed by atoms with Gasteiger partial charge in [0.05, 0.1) is 5.57 Å². The summed E-state index contributed by atoms with van der Waals surface area (Å²) in [6.07, 6.45) is -2.60. The van der Waals surface area contributed by atoms with Gasteiger partial charge in [-0.05, 0) is 12.3 Å². The minimum absolute atomic E-state index is 0.180. The van der Waals surface area contributed by atoms with Crippen LogP contribution < -0.4 is 11.1 Å². The lowest BCUT2D eigenvalue weighted by Gasteiger charge is -2.16. The van der Waals surface area contributed by atoms with Crippen LogP contribution in [0, 0.1) is 0 Å². The summed E-state index contributed by atoms with van der Waals surface area (Å²) < 4.78 is 36.6. The quantitative estimate of drug-likeness (QED) is 0.633. The van der Waals surface area contributed by atoms with E-state index >= 15 is 0 Å². The molecule has 1 rings (SSSR count). The van der Waals surface area contributed by atoms with Crippen LogP contribution in [0.1, 0.15) is 0 Å². The van der Waals surface area contributed by atoms with Gasteiger partial charge in [-0.1, -0.05) is 0 Å². The third kappa shape index (κ3) is 2.01. The zero-order chi connectivity index (χ0) is 10.1. The Balaban J connectivity index is 3.13. The average Bonchev–Trinajstić information content (AvgIpc) is 2.03. The smallest absolute Gasteiger partial charge is 0.387 e. The van der Waals surface area contributed by atoms with Crippen LogP contribution in [0.2, 0.25) is 0 Å². The minimum Gasteiger partial charge on any atom is -0.387 e. The van der Waals surface area contributed by atoms with Gasteiger partial charge >= 0.3 is 6.18 Å². The summed E-state index contributed by atoms with van der Waals surface area (Å²) in [7, 11) is 0. The molecular formula is C7H7F3N2O. The number of hydrogen-bond donors (Lipinski definition) is 2. The SMILES string of the molecule is NC(=O)C1=C(C(F)(F)F)C=CNC1. The highest BCUT2D eigenvalue weighted by Gasteiger charge is 2.36. The number of carbonyl (C=O) groups is 1. The Kier molecular flexibility index (Phi) is 2.31. The van der Waals surface area contributed by atoms with Crippen molar-refractivity contribution in [2.24, 2.45) is 5.73 Å². The molecule has 1 aliphatic rings. The summed E-state index contributed by atoms with van der Waals surface area (Å²) in [6, 6.07) is 0. The van der Waals surface area contributed by atoms with E-state index < -0.39 is 23.2 Å². The molecule has 0 radical (unpaired) electrons. The molecule has 1 amide bonds. The lowest BCUT2D eigenvalue weighted by molar-refractivity contribution is -0.116. The Morgan fingerprint density at radius 1 is 1.54 bits per heavy atom. The van der Waals surface area contributed by atoms with E-state index in [1.54, 1.807) is 0 Å². The fourth-order valence-electron chi connectivity index (χ4n) is 0.984. The summed E-state index contributed by atoms with van der Waals surface area (Å²) in [5.41, 5.74) is 3.38. The highest BCUT2D eigenvalue weighted by atomic mass is 19.4. The van der Waals surface area contributed by atoms with Gasteiger partial charge in [0.25, 0.3) is 0 Å². The molecule has 0 atom stereocenters. The van der Waals surface area contributed by atoms with E-state index in [1.807, 2.05) is 0 Å². The minimum atomic E-state index is -4.52. The Bertz CT molecular complexity index is 291. The van der Waals surface area contributed by atoms with E-state index in [4.69, 9.17) is 5.73 Å². The first-order chi connectivity index (χ1) is 5.93. The van der Waals surface area contributed by atoms with E-state index in [-0.39, 0.29) is 6.54 Å². The van der Waals surface area contributed by atoms with E-state index in [9.17, 15) is 18.0 Å². The molecule has 0 aromatic carbocycles. The standard InChI is InChI=1S/C7H7F3N2O/c8-7(9,10)5-1-2-12-3-4(5)6(11)13/h1-2,12H,3H2,(H2,11,13). The number of dihydropyridines is 1. The van der Waals surface area contributed by atoms with Gasteiger partial charge in [0.1, 0.15) is 0 Å². The Morgan fingerprint density at radius 3 is 2.54 bits per heavy atom. The summed E-state index contributed by atoms with van der Waals surface area (Å²) in [4.78, 5) is 10.6. The van der Waals surface area contributed by atoms with E-state index in [0.29, 0.717) is 0 Å². The maximum Gasteiger partial charge on any atom is 0.416 e. The molecule has 1 heterocycles. The van der Waals surface area contributed by atoms with Crippen LogP contribution in [0.5, 0.6) is 0 Å². The molecule has 0 aliphatic carbocycles. The second-order valence-corrected chi connectivity index (χ2v) is 2.47. The van der Waals surface area contributed by atoms with Gasteiger partial charge in [-0.25, -0.2) is 0 Å². The summed E-state index contributed by atoms with van der Waals surface area (Å²) in [5.74, 6) is -1.05. The molecule has 0 spiro atoms. The number of hydrogen-bond acceptors (Lipinski definition) is 2. The number of alkyl halides is 3. The molecule has 0 aromatic rings. The second-order valence-electron chi connectivity index (χ2n) is 2.47. The number of primary amides is 1. The van der Waals surface area contributed by atoms with Crippen molar-refractivity contribution in [2.75, 3.05) is 6.54 Å². The van der Waals surface area contributed by atoms with Crippen molar-refractivity contribution in [3.8, 4) is 0 Å². The van der Waals surface area contributed by atoms with Crippen LogP contribution in [0.3, 0.4) is 0 Å². The zero-order valence-electron chi connectivity index (χ0n) is 6.48. The molecule has 0 bridgehead atoms. The number of halogens is 3. The van der Waals surface area contributed by atoms with Crippen molar-refractivity contribution in [1.82, 2.24) is 5.32 Å². The maximum atomic E-state index is 12.2. The molecule has 3 N–H and O–H groups in total. The highest BCUT2D eigenvalue weighted by molar-refractivity contribution is 5.94. The first kappa shape index (κ1) is 9.63. The fraction of sp³-hybridized carbons (Fsp3) is 0.286. The topological polar surface area (TPSA) is 55.1 Å². The van der Waals surface area contributed by atoms with Gasteiger partial charge in [0.15, 0.2) is 0 Å². The van der Waals surface area contributed by atoms with Crippen LogP contribution in [-0.4, -0.2) is 18.6 Å². The maximum absolute atomic E-state index is 12.2. The highest BCUT2D eigenvalue weighted by Crippen LogP contribution is 2.30. The Morgan fingerprint density at radius 2 is 2.15 bits per heavy atom. The molecule has 0 fully saturated rings. The third-order valence-electron chi connectivity index (χ3n) is 1.57. The number of nitrogens with one attached hydrogen (secondary N) is 1. The zero-order valence-corrected chi connectivity index (χ0v) is 6.48. The molecule has 1 aliphatic heterocycles. The molecule has 3 nitrogen and oxygen atoms in total. The molecule has 0 aromatic heterocycles. The first-order valence-electron chi connectivity index (χ1n) is 3.43. The molecule has 13 heavy (non-hydrogen) atoms. The van der Waals surface area contributed by atoms with E-state index in [2.05, 4.69) is 5.32 Å². The monoisotopic (exact) mass is 192 g/mol. The van der Waals surface area contributed by atoms with Crippen molar-refractivity contribution in [3.05, 3.63) is 23.4 Å². The average molecular weight is 192 g/mol. The molecular weight excluding hydrogens is 185 g/mol. The number of nitrogens with two attached hydrogens (primary N) is 1.